The van der Waals surface area contributed by atoms with Gasteiger partial charge in [-0.15, -0.1) is 22.7 Å². The van der Waals surface area contributed by atoms with Crippen LogP contribution in [0.1, 0.15) is 10.0 Å². The van der Waals surface area contributed by atoms with Crippen LogP contribution >= 0.6 is 22.7 Å². The maximum Gasteiger partial charge on any atom is 0.134 e. The van der Waals surface area contributed by atoms with E-state index in [9.17, 15) is 0 Å². The monoisotopic (exact) mass is 332 g/mol. The molecule has 0 saturated carbocycles. The summed E-state index contributed by atoms with van der Waals surface area (Å²) in [4.78, 5) is 21.5. The van der Waals surface area contributed by atoms with Crippen molar-refractivity contribution in [3.63, 3.8) is 0 Å². The lowest BCUT2D eigenvalue weighted by Gasteiger charge is -2.20. The minimum Gasteiger partial charge on any atom is -0.353 e. The Morgan fingerprint density at radius 1 is 0.818 bits per heavy atom. The number of rotatable bonds is 6. The second kappa shape index (κ2) is 6.80. The second-order valence-corrected chi connectivity index (χ2v) is 6.76. The summed E-state index contributed by atoms with van der Waals surface area (Å²) >= 11 is 3.29. The minimum atomic E-state index is 0.740. The Morgan fingerprint density at radius 2 is 1.32 bits per heavy atom. The van der Waals surface area contributed by atoms with Crippen LogP contribution in [0, 0.1) is 0 Å². The summed E-state index contributed by atoms with van der Waals surface area (Å²) < 4.78 is 0. The topological polar surface area (TPSA) is 58.0 Å². The SMILES string of the molecule is CN(Cc1nccs1)c1cc(N(C)Cc2nccs2)ncn1. The first kappa shape index (κ1) is 14.9. The predicted octanol–water partition coefficient (Wildman–Crippen LogP) is 2.66. The van der Waals surface area contributed by atoms with Gasteiger partial charge < -0.3 is 9.80 Å². The molecule has 3 rings (SSSR count). The van der Waals surface area contributed by atoms with Crippen molar-refractivity contribution >= 4 is 34.3 Å². The quantitative estimate of drug-likeness (QED) is 0.692. The van der Waals surface area contributed by atoms with Crippen molar-refractivity contribution < 1.29 is 0 Å². The van der Waals surface area contributed by atoms with Gasteiger partial charge in [0.25, 0.3) is 0 Å². The van der Waals surface area contributed by atoms with Crippen LogP contribution in [0.3, 0.4) is 0 Å². The van der Waals surface area contributed by atoms with Crippen molar-refractivity contribution in [2.75, 3.05) is 23.9 Å². The van der Waals surface area contributed by atoms with Gasteiger partial charge in [0.1, 0.15) is 28.0 Å². The third-order valence-corrected chi connectivity index (χ3v) is 4.66. The van der Waals surface area contributed by atoms with Gasteiger partial charge in [-0.05, 0) is 0 Å². The summed E-state index contributed by atoms with van der Waals surface area (Å²) in [6.07, 6.45) is 5.24. The summed E-state index contributed by atoms with van der Waals surface area (Å²) in [7, 11) is 4.02. The fraction of sp³-hybridized carbons (Fsp3) is 0.286. The normalized spacial score (nSPS) is 10.6. The molecule has 8 heteroatoms. The third kappa shape index (κ3) is 3.58. The molecule has 3 aromatic rings. The minimum absolute atomic E-state index is 0.740. The number of hydrogen-bond donors (Lipinski definition) is 0. The highest BCUT2D eigenvalue weighted by Gasteiger charge is 2.10. The van der Waals surface area contributed by atoms with Crippen LogP contribution in [0.25, 0.3) is 0 Å². The summed E-state index contributed by atoms with van der Waals surface area (Å²) in [5, 5.41) is 6.10. The largest absolute Gasteiger partial charge is 0.353 e. The van der Waals surface area contributed by atoms with Crippen molar-refractivity contribution in [1.82, 2.24) is 19.9 Å². The molecule has 0 bridgehead atoms. The Morgan fingerprint density at radius 3 is 1.73 bits per heavy atom. The van der Waals surface area contributed by atoms with Crippen molar-refractivity contribution in [2.24, 2.45) is 0 Å². The molecule has 6 nitrogen and oxygen atoms in total. The molecule has 3 heterocycles. The lowest BCUT2D eigenvalue weighted by molar-refractivity contribution is 0.856. The van der Waals surface area contributed by atoms with Gasteiger partial charge in [-0.25, -0.2) is 19.9 Å². The van der Waals surface area contributed by atoms with E-state index in [1.54, 1.807) is 29.0 Å². The van der Waals surface area contributed by atoms with E-state index >= 15 is 0 Å². The summed E-state index contributed by atoms with van der Waals surface area (Å²) in [6.45, 7) is 1.48. The summed E-state index contributed by atoms with van der Waals surface area (Å²) in [6, 6.07) is 1.99. The first-order chi connectivity index (χ1) is 10.7. The molecule has 3 aromatic heterocycles. The summed E-state index contributed by atoms with van der Waals surface area (Å²) in [5.74, 6) is 1.76. The number of hydrogen-bond acceptors (Lipinski definition) is 8. The Kier molecular flexibility index (Phi) is 4.59. The predicted molar refractivity (Wildman–Crippen MR) is 90.5 cm³/mol. The fourth-order valence-corrected chi connectivity index (χ4v) is 3.32. The van der Waals surface area contributed by atoms with Gasteiger partial charge in [0.05, 0.1) is 13.1 Å². The van der Waals surface area contributed by atoms with Crippen LogP contribution in [-0.4, -0.2) is 34.0 Å². The molecule has 0 aliphatic heterocycles. The van der Waals surface area contributed by atoms with E-state index in [-0.39, 0.29) is 0 Å². The lowest BCUT2D eigenvalue weighted by Crippen LogP contribution is -2.21. The molecule has 0 fully saturated rings. The van der Waals surface area contributed by atoms with Crippen LogP contribution in [0.15, 0.2) is 35.5 Å². The van der Waals surface area contributed by atoms with Crippen LogP contribution in [0.4, 0.5) is 11.6 Å². The molecule has 0 aliphatic carbocycles. The highest BCUT2D eigenvalue weighted by molar-refractivity contribution is 7.09. The van der Waals surface area contributed by atoms with E-state index in [1.807, 2.05) is 43.3 Å². The molecule has 0 saturated heterocycles. The molecule has 22 heavy (non-hydrogen) atoms. The zero-order valence-corrected chi connectivity index (χ0v) is 14.0. The number of nitrogens with zero attached hydrogens (tertiary/aromatic N) is 6. The van der Waals surface area contributed by atoms with Gasteiger partial charge in [-0.2, -0.15) is 0 Å². The highest BCUT2D eigenvalue weighted by Crippen LogP contribution is 2.20. The molecule has 0 atom stereocenters. The van der Waals surface area contributed by atoms with Gasteiger partial charge in [0.2, 0.25) is 0 Å². The first-order valence-electron chi connectivity index (χ1n) is 6.73. The maximum atomic E-state index is 4.35. The smallest absolute Gasteiger partial charge is 0.134 e. The van der Waals surface area contributed by atoms with Crippen molar-refractivity contribution in [3.05, 3.63) is 45.6 Å². The molecule has 0 aromatic carbocycles. The molecule has 0 N–H and O–H groups in total. The summed E-state index contributed by atoms with van der Waals surface area (Å²) in [5.41, 5.74) is 0. The Labute approximate surface area is 137 Å². The van der Waals surface area contributed by atoms with Crippen LogP contribution in [0.2, 0.25) is 0 Å². The highest BCUT2D eigenvalue weighted by atomic mass is 32.1. The van der Waals surface area contributed by atoms with E-state index in [0.29, 0.717) is 0 Å². The molecule has 0 radical (unpaired) electrons. The van der Waals surface area contributed by atoms with E-state index in [1.165, 1.54) is 0 Å². The van der Waals surface area contributed by atoms with E-state index in [0.717, 1.165) is 34.7 Å². The Bertz CT molecular complexity index is 640. The Hall–Kier alpha value is -2.06. The molecule has 0 unspecified atom stereocenters. The van der Waals surface area contributed by atoms with Gasteiger partial charge >= 0.3 is 0 Å². The zero-order chi connectivity index (χ0) is 15.4. The van der Waals surface area contributed by atoms with Gasteiger partial charge in [0, 0.05) is 43.3 Å². The lowest BCUT2D eigenvalue weighted by atomic mass is 10.4. The van der Waals surface area contributed by atoms with Crippen LogP contribution < -0.4 is 9.80 Å². The van der Waals surface area contributed by atoms with E-state index in [2.05, 4.69) is 29.7 Å². The molecule has 0 spiro atoms. The van der Waals surface area contributed by atoms with E-state index in [4.69, 9.17) is 0 Å². The van der Waals surface area contributed by atoms with Crippen molar-refractivity contribution in [1.29, 1.82) is 0 Å². The van der Waals surface area contributed by atoms with E-state index < -0.39 is 0 Å². The van der Waals surface area contributed by atoms with Gasteiger partial charge in [0.15, 0.2) is 0 Å². The first-order valence-corrected chi connectivity index (χ1v) is 8.49. The standard InChI is InChI=1S/C14H16N6S2/c1-19(8-13-15-3-5-21-13)11-7-12(18-10-17-11)20(2)9-14-16-4-6-22-14/h3-7,10H,8-9H2,1-2H3. The average Bonchev–Trinajstić information content (AvgIpc) is 3.21. The maximum absolute atomic E-state index is 4.35. The Balaban J connectivity index is 1.71. The number of aromatic nitrogens is 4. The average molecular weight is 332 g/mol. The number of anilines is 2. The zero-order valence-electron chi connectivity index (χ0n) is 12.4. The molecule has 0 amide bonds. The van der Waals surface area contributed by atoms with Gasteiger partial charge in [-0.3, -0.25) is 0 Å². The fourth-order valence-electron chi connectivity index (χ4n) is 1.98. The second-order valence-electron chi connectivity index (χ2n) is 4.80. The van der Waals surface area contributed by atoms with Crippen LogP contribution in [0.5, 0.6) is 0 Å². The molecular weight excluding hydrogens is 316 g/mol. The number of thiazole rings is 2. The molecular formula is C14H16N6S2. The van der Waals surface area contributed by atoms with Crippen molar-refractivity contribution in [2.45, 2.75) is 13.1 Å². The molecule has 0 aliphatic rings. The third-order valence-electron chi connectivity index (χ3n) is 3.13. The van der Waals surface area contributed by atoms with Crippen molar-refractivity contribution in [3.8, 4) is 0 Å². The van der Waals surface area contributed by atoms with Crippen LogP contribution in [-0.2, 0) is 13.1 Å². The van der Waals surface area contributed by atoms with Gasteiger partial charge in [-0.1, -0.05) is 0 Å². The molecule has 114 valence electrons.